The summed E-state index contributed by atoms with van der Waals surface area (Å²) >= 11 is 0. The number of hydrogen-bond acceptors (Lipinski definition) is 5. The third-order valence-electron chi connectivity index (χ3n) is 3.35. The van der Waals surface area contributed by atoms with Gasteiger partial charge in [0.1, 0.15) is 17.9 Å². The lowest BCUT2D eigenvalue weighted by Crippen LogP contribution is -2.38. The molecular weight excluding hydrogens is 270 g/mol. The molecule has 5 heteroatoms. The predicted octanol–water partition coefficient (Wildman–Crippen LogP) is 1.77. The van der Waals surface area contributed by atoms with Crippen molar-refractivity contribution in [2.24, 2.45) is 5.73 Å². The zero-order valence-electron chi connectivity index (χ0n) is 12.1. The molecule has 0 amide bonds. The Kier molecular flexibility index (Phi) is 4.77. The van der Waals surface area contributed by atoms with Gasteiger partial charge in [0.25, 0.3) is 0 Å². The Hall–Kier alpha value is -2.11. The summed E-state index contributed by atoms with van der Waals surface area (Å²) in [6.07, 6.45) is -1.20. The van der Waals surface area contributed by atoms with Crippen molar-refractivity contribution in [2.45, 2.75) is 19.1 Å². The highest BCUT2D eigenvalue weighted by molar-refractivity contribution is 5.89. The van der Waals surface area contributed by atoms with Crippen molar-refractivity contribution in [3.8, 4) is 5.75 Å². The first-order valence-electron chi connectivity index (χ1n) is 6.76. The molecule has 0 bridgehead atoms. The lowest BCUT2D eigenvalue weighted by Gasteiger charge is -2.21. The predicted molar refractivity (Wildman–Crippen MR) is 80.1 cm³/mol. The average molecular weight is 289 g/mol. The Balaban J connectivity index is 2.50. The Morgan fingerprint density at radius 2 is 2.00 bits per heavy atom. The van der Waals surface area contributed by atoms with E-state index in [2.05, 4.69) is 0 Å². The monoisotopic (exact) mass is 289 g/mol. The third-order valence-corrected chi connectivity index (χ3v) is 3.35. The fourth-order valence-corrected chi connectivity index (χ4v) is 2.31. The number of rotatable bonds is 5. The summed E-state index contributed by atoms with van der Waals surface area (Å²) < 4.78 is 10.2. The molecule has 0 saturated heterocycles. The maximum absolute atomic E-state index is 11.7. The second-order valence-electron chi connectivity index (χ2n) is 4.63. The topological polar surface area (TPSA) is 81.8 Å². The SMILES string of the molecule is CCOC(=O)C(N)C(O)c1c(OC)ccc2ccccc12. The molecule has 0 fully saturated rings. The van der Waals surface area contributed by atoms with Crippen LogP contribution in [0.25, 0.3) is 10.8 Å². The van der Waals surface area contributed by atoms with Crippen molar-refractivity contribution in [1.82, 2.24) is 0 Å². The van der Waals surface area contributed by atoms with Crippen LogP contribution in [0.15, 0.2) is 36.4 Å². The number of benzene rings is 2. The molecule has 0 aromatic heterocycles. The highest BCUT2D eigenvalue weighted by Crippen LogP contribution is 2.34. The van der Waals surface area contributed by atoms with Gasteiger partial charge < -0.3 is 20.3 Å². The first-order valence-corrected chi connectivity index (χ1v) is 6.76. The third kappa shape index (κ3) is 2.99. The summed E-state index contributed by atoms with van der Waals surface area (Å²) in [5.41, 5.74) is 6.31. The number of aliphatic hydroxyl groups excluding tert-OH is 1. The van der Waals surface area contributed by atoms with Crippen LogP contribution < -0.4 is 10.5 Å². The molecule has 0 aliphatic heterocycles. The van der Waals surface area contributed by atoms with Crippen LogP contribution in [0.4, 0.5) is 0 Å². The largest absolute Gasteiger partial charge is 0.496 e. The molecule has 0 saturated carbocycles. The first kappa shape index (κ1) is 15.3. The van der Waals surface area contributed by atoms with Gasteiger partial charge in [-0.15, -0.1) is 0 Å². The number of fused-ring (bicyclic) bond motifs is 1. The van der Waals surface area contributed by atoms with Crippen molar-refractivity contribution in [3.63, 3.8) is 0 Å². The van der Waals surface area contributed by atoms with Gasteiger partial charge in [-0.05, 0) is 23.8 Å². The molecule has 5 nitrogen and oxygen atoms in total. The maximum Gasteiger partial charge on any atom is 0.325 e. The molecular formula is C16H19NO4. The van der Waals surface area contributed by atoms with Crippen LogP contribution in [-0.2, 0) is 9.53 Å². The summed E-state index contributed by atoms with van der Waals surface area (Å²) in [7, 11) is 1.51. The van der Waals surface area contributed by atoms with Gasteiger partial charge in [0.05, 0.1) is 13.7 Å². The number of aliphatic hydroxyl groups is 1. The zero-order valence-corrected chi connectivity index (χ0v) is 12.1. The van der Waals surface area contributed by atoms with Crippen molar-refractivity contribution >= 4 is 16.7 Å². The van der Waals surface area contributed by atoms with Crippen LogP contribution in [0.3, 0.4) is 0 Å². The molecule has 0 spiro atoms. The fraction of sp³-hybridized carbons (Fsp3) is 0.312. The van der Waals surface area contributed by atoms with E-state index in [0.29, 0.717) is 11.3 Å². The number of hydrogen-bond donors (Lipinski definition) is 2. The number of carbonyl (C=O) groups is 1. The lowest BCUT2D eigenvalue weighted by atomic mass is 9.95. The molecule has 0 aliphatic rings. The zero-order chi connectivity index (χ0) is 15.4. The Bertz CT molecular complexity index is 641. The van der Waals surface area contributed by atoms with E-state index in [-0.39, 0.29) is 6.61 Å². The van der Waals surface area contributed by atoms with E-state index < -0.39 is 18.1 Å². The summed E-state index contributed by atoms with van der Waals surface area (Å²) in [4.78, 5) is 11.7. The summed E-state index contributed by atoms with van der Waals surface area (Å²) in [6.45, 7) is 1.90. The molecule has 2 aromatic carbocycles. The van der Waals surface area contributed by atoms with E-state index in [4.69, 9.17) is 15.2 Å². The van der Waals surface area contributed by atoms with E-state index in [0.717, 1.165) is 10.8 Å². The quantitative estimate of drug-likeness (QED) is 0.820. The van der Waals surface area contributed by atoms with Gasteiger partial charge in [-0.1, -0.05) is 30.3 Å². The standard InChI is InChI=1S/C16H19NO4/c1-3-21-16(19)14(17)15(18)13-11-7-5-4-6-10(11)8-9-12(13)20-2/h4-9,14-15,18H,3,17H2,1-2H3. The van der Waals surface area contributed by atoms with Crippen LogP contribution in [0.2, 0.25) is 0 Å². The van der Waals surface area contributed by atoms with E-state index in [1.807, 2.05) is 30.3 Å². The van der Waals surface area contributed by atoms with Crippen LogP contribution >= 0.6 is 0 Å². The van der Waals surface area contributed by atoms with Crippen LogP contribution in [0.5, 0.6) is 5.75 Å². The lowest BCUT2D eigenvalue weighted by molar-refractivity contribution is -0.147. The fourth-order valence-electron chi connectivity index (χ4n) is 2.31. The average Bonchev–Trinajstić information content (AvgIpc) is 2.52. The Labute approximate surface area is 123 Å². The van der Waals surface area contributed by atoms with Gasteiger partial charge >= 0.3 is 5.97 Å². The van der Waals surface area contributed by atoms with Crippen molar-refractivity contribution in [1.29, 1.82) is 0 Å². The van der Waals surface area contributed by atoms with E-state index >= 15 is 0 Å². The van der Waals surface area contributed by atoms with Gasteiger partial charge in [0, 0.05) is 5.56 Å². The summed E-state index contributed by atoms with van der Waals surface area (Å²) in [5, 5.41) is 12.2. The van der Waals surface area contributed by atoms with Crippen molar-refractivity contribution in [2.75, 3.05) is 13.7 Å². The molecule has 0 heterocycles. The highest BCUT2D eigenvalue weighted by atomic mass is 16.5. The van der Waals surface area contributed by atoms with E-state index in [1.54, 1.807) is 13.0 Å². The van der Waals surface area contributed by atoms with Gasteiger partial charge in [-0.25, -0.2) is 0 Å². The molecule has 2 unspecified atom stereocenters. The first-order chi connectivity index (χ1) is 10.1. The number of esters is 1. The second-order valence-corrected chi connectivity index (χ2v) is 4.63. The van der Waals surface area contributed by atoms with Gasteiger partial charge in [0.2, 0.25) is 0 Å². The normalized spacial score (nSPS) is 13.7. The number of nitrogens with two attached hydrogens (primary N) is 1. The molecule has 3 N–H and O–H groups in total. The van der Waals surface area contributed by atoms with Crippen LogP contribution in [0, 0.1) is 0 Å². The van der Waals surface area contributed by atoms with Gasteiger partial charge in [0.15, 0.2) is 0 Å². The number of carbonyl (C=O) groups excluding carboxylic acids is 1. The number of ether oxygens (including phenoxy) is 2. The van der Waals surface area contributed by atoms with Gasteiger partial charge in [-0.3, -0.25) is 4.79 Å². The molecule has 0 radical (unpaired) electrons. The second kappa shape index (κ2) is 6.56. The highest BCUT2D eigenvalue weighted by Gasteiger charge is 2.29. The maximum atomic E-state index is 11.7. The molecule has 2 atom stereocenters. The number of methoxy groups -OCH3 is 1. The molecule has 2 aromatic rings. The molecule has 0 aliphatic carbocycles. The Morgan fingerprint density at radius 1 is 1.29 bits per heavy atom. The minimum atomic E-state index is -1.20. The van der Waals surface area contributed by atoms with E-state index in [1.165, 1.54) is 7.11 Å². The van der Waals surface area contributed by atoms with Crippen molar-refractivity contribution < 1.29 is 19.4 Å². The van der Waals surface area contributed by atoms with Crippen molar-refractivity contribution in [3.05, 3.63) is 42.0 Å². The minimum Gasteiger partial charge on any atom is -0.496 e. The van der Waals surface area contributed by atoms with Crippen LogP contribution in [-0.4, -0.2) is 30.8 Å². The smallest absolute Gasteiger partial charge is 0.325 e. The van der Waals surface area contributed by atoms with Crippen LogP contribution in [0.1, 0.15) is 18.6 Å². The summed E-state index contributed by atoms with van der Waals surface area (Å²) in [5.74, 6) is -0.152. The Morgan fingerprint density at radius 3 is 2.67 bits per heavy atom. The molecule has 2 rings (SSSR count). The van der Waals surface area contributed by atoms with Gasteiger partial charge in [-0.2, -0.15) is 0 Å². The summed E-state index contributed by atoms with van der Waals surface area (Å²) in [6, 6.07) is 10.0. The molecule has 112 valence electrons. The minimum absolute atomic E-state index is 0.214. The molecule has 21 heavy (non-hydrogen) atoms. The van der Waals surface area contributed by atoms with E-state index in [9.17, 15) is 9.90 Å².